The van der Waals surface area contributed by atoms with E-state index in [9.17, 15) is 0 Å². The van der Waals surface area contributed by atoms with Crippen LogP contribution in [0.2, 0.25) is 0 Å². The Morgan fingerprint density at radius 3 is 2.53 bits per heavy atom. The van der Waals surface area contributed by atoms with Crippen molar-refractivity contribution in [2.45, 2.75) is 6.42 Å². The third kappa shape index (κ3) is 7.91. The molecule has 0 aromatic heterocycles. The van der Waals surface area contributed by atoms with Crippen LogP contribution in [0.15, 0.2) is 30.3 Å². The fourth-order valence-corrected chi connectivity index (χ4v) is 1.51. The molecule has 0 aliphatic rings. The van der Waals surface area contributed by atoms with Gasteiger partial charge in [0.25, 0.3) is 0 Å². The molecule has 0 unspecified atom stereocenters. The number of nitrogens with zero attached hydrogens (tertiary/aromatic N) is 1. The van der Waals surface area contributed by atoms with Crippen molar-refractivity contribution in [1.29, 1.82) is 0 Å². The van der Waals surface area contributed by atoms with E-state index in [4.69, 9.17) is 4.74 Å². The van der Waals surface area contributed by atoms with Gasteiger partial charge in [-0.25, -0.2) is 0 Å². The highest BCUT2D eigenvalue weighted by Gasteiger charge is 1.93. The lowest BCUT2D eigenvalue weighted by atomic mass is 10.2. The van der Waals surface area contributed by atoms with Gasteiger partial charge in [0, 0.05) is 19.6 Å². The summed E-state index contributed by atoms with van der Waals surface area (Å²) >= 11 is 0. The molecular weight excluding hydrogens is 212 g/mol. The van der Waals surface area contributed by atoms with E-state index in [1.54, 1.807) is 0 Å². The zero-order chi connectivity index (χ0) is 12.3. The number of likely N-dealkylation sites (N-methyl/N-ethyl adjacent to an activating group) is 1. The molecule has 96 valence electrons. The Balaban J connectivity index is 1.88. The molecule has 1 aromatic rings. The largest absolute Gasteiger partial charge is 0.380 e. The lowest BCUT2D eigenvalue weighted by Crippen LogP contribution is -2.29. The highest BCUT2D eigenvalue weighted by Crippen LogP contribution is 1.99. The van der Waals surface area contributed by atoms with E-state index in [0.717, 1.165) is 39.3 Å². The van der Waals surface area contributed by atoms with Crippen molar-refractivity contribution in [3.8, 4) is 0 Å². The van der Waals surface area contributed by atoms with Gasteiger partial charge in [-0.15, -0.1) is 0 Å². The minimum atomic E-state index is 0.792. The number of hydrogen-bond donors (Lipinski definition) is 1. The predicted octanol–water partition coefficient (Wildman–Crippen LogP) is 1.40. The van der Waals surface area contributed by atoms with Crippen molar-refractivity contribution in [3.63, 3.8) is 0 Å². The third-order valence-corrected chi connectivity index (χ3v) is 2.54. The average molecular weight is 236 g/mol. The van der Waals surface area contributed by atoms with E-state index in [-0.39, 0.29) is 0 Å². The molecule has 3 heteroatoms. The summed E-state index contributed by atoms with van der Waals surface area (Å²) < 4.78 is 5.57. The van der Waals surface area contributed by atoms with E-state index in [0.29, 0.717) is 0 Å². The van der Waals surface area contributed by atoms with E-state index < -0.39 is 0 Å². The maximum Gasteiger partial charge on any atom is 0.0591 e. The fourth-order valence-electron chi connectivity index (χ4n) is 1.51. The van der Waals surface area contributed by atoms with Crippen molar-refractivity contribution in [3.05, 3.63) is 35.9 Å². The molecule has 0 atom stereocenters. The molecule has 0 amide bonds. The Labute approximate surface area is 105 Å². The van der Waals surface area contributed by atoms with E-state index in [1.165, 1.54) is 5.56 Å². The van der Waals surface area contributed by atoms with Crippen LogP contribution in [-0.4, -0.2) is 51.8 Å². The molecular formula is C14H24N2O. The van der Waals surface area contributed by atoms with Crippen LogP contribution in [0.5, 0.6) is 0 Å². The summed E-state index contributed by atoms with van der Waals surface area (Å²) in [4.78, 5) is 2.17. The molecule has 1 N–H and O–H groups in total. The quantitative estimate of drug-likeness (QED) is 0.656. The van der Waals surface area contributed by atoms with Crippen molar-refractivity contribution in [2.75, 3.05) is 46.9 Å². The number of benzene rings is 1. The van der Waals surface area contributed by atoms with Gasteiger partial charge in [0.2, 0.25) is 0 Å². The Hall–Kier alpha value is -0.900. The van der Waals surface area contributed by atoms with Crippen molar-refractivity contribution >= 4 is 0 Å². The number of hydrogen-bond acceptors (Lipinski definition) is 3. The molecule has 0 fully saturated rings. The smallest absolute Gasteiger partial charge is 0.0591 e. The van der Waals surface area contributed by atoms with Gasteiger partial charge in [-0.2, -0.15) is 0 Å². The maximum atomic E-state index is 5.57. The van der Waals surface area contributed by atoms with Crippen molar-refractivity contribution in [1.82, 2.24) is 10.2 Å². The third-order valence-electron chi connectivity index (χ3n) is 2.54. The second-order valence-corrected chi connectivity index (χ2v) is 4.40. The highest BCUT2D eigenvalue weighted by molar-refractivity contribution is 5.14. The van der Waals surface area contributed by atoms with Gasteiger partial charge in [0.15, 0.2) is 0 Å². The molecule has 17 heavy (non-hydrogen) atoms. The van der Waals surface area contributed by atoms with E-state index >= 15 is 0 Å². The van der Waals surface area contributed by atoms with Gasteiger partial charge in [-0.05, 0) is 26.1 Å². The number of rotatable bonds is 9. The first-order valence-corrected chi connectivity index (χ1v) is 6.26. The minimum Gasteiger partial charge on any atom is -0.380 e. The molecule has 0 heterocycles. The lowest BCUT2D eigenvalue weighted by Gasteiger charge is -2.10. The van der Waals surface area contributed by atoms with Crippen LogP contribution >= 0.6 is 0 Å². The van der Waals surface area contributed by atoms with Gasteiger partial charge in [0.1, 0.15) is 0 Å². The Bertz CT molecular complexity index is 275. The van der Waals surface area contributed by atoms with Crippen LogP contribution in [0.1, 0.15) is 5.56 Å². The molecule has 0 radical (unpaired) electrons. The standard InChI is InChI=1S/C14H24N2O/c1-16(2)11-9-15-10-13-17-12-8-14-6-4-3-5-7-14/h3-7,15H,8-13H2,1-2H3. The number of nitrogens with one attached hydrogen (secondary N) is 1. The Kier molecular flexibility index (Phi) is 7.63. The highest BCUT2D eigenvalue weighted by atomic mass is 16.5. The summed E-state index contributed by atoms with van der Waals surface area (Å²) in [6.45, 7) is 4.63. The first-order valence-electron chi connectivity index (χ1n) is 6.26. The molecule has 0 bridgehead atoms. The predicted molar refractivity (Wildman–Crippen MR) is 72.4 cm³/mol. The monoisotopic (exact) mass is 236 g/mol. The number of ether oxygens (including phenoxy) is 1. The fraction of sp³-hybridized carbons (Fsp3) is 0.571. The normalized spacial score (nSPS) is 11.0. The molecule has 1 aromatic carbocycles. The Morgan fingerprint density at radius 2 is 1.82 bits per heavy atom. The summed E-state index contributed by atoms with van der Waals surface area (Å²) in [5, 5.41) is 3.35. The van der Waals surface area contributed by atoms with Crippen LogP contribution in [0.3, 0.4) is 0 Å². The van der Waals surface area contributed by atoms with Crippen LogP contribution in [-0.2, 0) is 11.2 Å². The zero-order valence-electron chi connectivity index (χ0n) is 11.0. The second kappa shape index (κ2) is 9.16. The summed E-state index contributed by atoms with van der Waals surface area (Å²) in [5.41, 5.74) is 1.34. The van der Waals surface area contributed by atoms with Gasteiger partial charge >= 0.3 is 0 Å². The van der Waals surface area contributed by atoms with Crippen LogP contribution in [0.25, 0.3) is 0 Å². The van der Waals surface area contributed by atoms with Crippen LogP contribution in [0, 0.1) is 0 Å². The van der Waals surface area contributed by atoms with Gasteiger partial charge < -0.3 is 15.0 Å². The first-order chi connectivity index (χ1) is 8.29. The van der Waals surface area contributed by atoms with E-state index in [2.05, 4.69) is 48.6 Å². The minimum absolute atomic E-state index is 0.792. The topological polar surface area (TPSA) is 24.5 Å². The van der Waals surface area contributed by atoms with Crippen molar-refractivity contribution in [2.24, 2.45) is 0 Å². The zero-order valence-corrected chi connectivity index (χ0v) is 11.0. The molecule has 0 saturated carbocycles. The van der Waals surface area contributed by atoms with Gasteiger partial charge in [0.05, 0.1) is 13.2 Å². The first kappa shape index (κ1) is 14.2. The Morgan fingerprint density at radius 1 is 1.06 bits per heavy atom. The maximum absolute atomic E-state index is 5.57. The summed E-state index contributed by atoms with van der Waals surface area (Å²) in [6, 6.07) is 10.5. The summed E-state index contributed by atoms with van der Waals surface area (Å²) in [5.74, 6) is 0. The van der Waals surface area contributed by atoms with Gasteiger partial charge in [-0.1, -0.05) is 30.3 Å². The second-order valence-electron chi connectivity index (χ2n) is 4.40. The lowest BCUT2D eigenvalue weighted by molar-refractivity contribution is 0.138. The molecule has 0 spiro atoms. The summed E-state index contributed by atoms with van der Waals surface area (Å²) in [7, 11) is 4.16. The van der Waals surface area contributed by atoms with Crippen LogP contribution in [0.4, 0.5) is 0 Å². The molecule has 3 nitrogen and oxygen atoms in total. The average Bonchev–Trinajstić information content (AvgIpc) is 2.33. The van der Waals surface area contributed by atoms with Gasteiger partial charge in [-0.3, -0.25) is 0 Å². The molecule has 0 aliphatic heterocycles. The van der Waals surface area contributed by atoms with Crippen LogP contribution < -0.4 is 5.32 Å². The molecule has 0 saturated heterocycles. The molecule has 0 aliphatic carbocycles. The van der Waals surface area contributed by atoms with E-state index in [1.807, 2.05) is 6.07 Å². The SMILES string of the molecule is CN(C)CCNCCOCCc1ccccc1. The van der Waals surface area contributed by atoms with Crippen molar-refractivity contribution < 1.29 is 4.74 Å². The molecule has 1 rings (SSSR count). The summed E-state index contributed by atoms with van der Waals surface area (Å²) in [6.07, 6.45) is 0.999.